The lowest BCUT2D eigenvalue weighted by Gasteiger charge is -2.08. The van der Waals surface area contributed by atoms with Crippen LogP contribution in [0.5, 0.6) is 17.4 Å². The molecular formula is C27H15N3O3. The van der Waals surface area contributed by atoms with Gasteiger partial charge >= 0.3 is 0 Å². The summed E-state index contributed by atoms with van der Waals surface area (Å²) in [5.74, 6) is 1.09. The van der Waals surface area contributed by atoms with E-state index in [-0.39, 0.29) is 11.2 Å². The molecule has 0 saturated heterocycles. The molecule has 0 aliphatic carbocycles. The SMILES string of the molecule is O=c1c2cccnc2n2c3cc(Oc4ccc5cccc(O)c5n4)ccc3c3cccc1c32. The summed E-state index contributed by atoms with van der Waals surface area (Å²) < 4.78 is 8.11. The first-order valence-electron chi connectivity index (χ1n) is 10.5. The first-order valence-corrected chi connectivity index (χ1v) is 10.5. The van der Waals surface area contributed by atoms with Crippen LogP contribution in [-0.4, -0.2) is 19.5 Å². The van der Waals surface area contributed by atoms with Crippen LogP contribution in [0.25, 0.3) is 49.1 Å². The molecule has 33 heavy (non-hydrogen) atoms. The highest BCUT2D eigenvalue weighted by Gasteiger charge is 2.18. The quantitative estimate of drug-likeness (QED) is 0.360. The summed E-state index contributed by atoms with van der Waals surface area (Å²) in [6.45, 7) is 0. The van der Waals surface area contributed by atoms with Gasteiger partial charge in [-0.05, 0) is 42.5 Å². The number of hydrogen-bond donors (Lipinski definition) is 1. The third kappa shape index (κ3) is 2.46. The van der Waals surface area contributed by atoms with Crippen LogP contribution in [0.4, 0.5) is 0 Å². The lowest BCUT2D eigenvalue weighted by atomic mass is 10.1. The van der Waals surface area contributed by atoms with E-state index in [0.29, 0.717) is 33.6 Å². The smallest absolute Gasteiger partial charge is 0.219 e. The zero-order valence-corrected chi connectivity index (χ0v) is 17.2. The fourth-order valence-electron chi connectivity index (χ4n) is 4.70. The van der Waals surface area contributed by atoms with E-state index in [1.807, 2.05) is 59.0 Å². The number of fused-ring (bicyclic) bond motifs is 6. The third-order valence-corrected chi connectivity index (χ3v) is 6.14. The van der Waals surface area contributed by atoms with Crippen LogP contribution in [0, 0.1) is 0 Å². The molecule has 0 aliphatic rings. The standard InChI is InChI=1S/C27H15N3O3/c31-22-8-1-4-15-9-12-23(29-24(15)22)33-16-10-11-17-18-5-2-6-19-25(18)30(21(17)14-16)27-20(26(19)32)7-3-13-28-27/h1-14,31H. The van der Waals surface area contributed by atoms with Crippen molar-refractivity contribution >= 4 is 49.1 Å². The number of nitrogens with zero attached hydrogens (tertiary/aromatic N) is 3. The zero-order valence-electron chi connectivity index (χ0n) is 17.2. The Labute approximate surface area is 186 Å². The van der Waals surface area contributed by atoms with Crippen molar-refractivity contribution < 1.29 is 9.84 Å². The van der Waals surface area contributed by atoms with E-state index in [4.69, 9.17) is 4.74 Å². The lowest BCUT2D eigenvalue weighted by Crippen LogP contribution is -2.07. The first kappa shape index (κ1) is 17.9. The maximum Gasteiger partial charge on any atom is 0.219 e. The molecule has 6 nitrogen and oxygen atoms in total. The second kappa shape index (κ2) is 6.40. The molecule has 0 radical (unpaired) electrons. The number of aromatic hydroxyl groups is 1. The predicted molar refractivity (Wildman–Crippen MR) is 129 cm³/mol. The number of rotatable bonds is 2. The maximum atomic E-state index is 13.1. The summed E-state index contributed by atoms with van der Waals surface area (Å²) in [5.41, 5.74) is 2.84. The van der Waals surface area contributed by atoms with Gasteiger partial charge in [0.15, 0.2) is 5.43 Å². The van der Waals surface area contributed by atoms with E-state index >= 15 is 0 Å². The number of ether oxygens (including phenoxy) is 1. The Kier molecular flexibility index (Phi) is 3.47. The average Bonchev–Trinajstić information content (AvgIpc) is 3.17. The van der Waals surface area contributed by atoms with Gasteiger partial charge in [-0.1, -0.05) is 24.3 Å². The van der Waals surface area contributed by atoms with Crippen LogP contribution in [0.3, 0.4) is 0 Å². The van der Waals surface area contributed by atoms with Gasteiger partial charge in [0.1, 0.15) is 22.7 Å². The van der Waals surface area contributed by atoms with Gasteiger partial charge in [-0.3, -0.25) is 9.20 Å². The van der Waals surface area contributed by atoms with Gasteiger partial charge in [-0.2, -0.15) is 0 Å². The number of para-hydroxylation sites is 2. The third-order valence-electron chi connectivity index (χ3n) is 6.14. The summed E-state index contributed by atoms with van der Waals surface area (Å²) in [4.78, 5) is 22.1. The van der Waals surface area contributed by atoms with Crippen LogP contribution in [0.2, 0.25) is 0 Å². The first-order chi connectivity index (χ1) is 16.2. The van der Waals surface area contributed by atoms with E-state index in [9.17, 15) is 9.90 Å². The maximum absolute atomic E-state index is 13.1. The second-order valence-corrected chi connectivity index (χ2v) is 8.02. The van der Waals surface area contributed by atoms with Gasteiger partial charge in [-0.25, -0.2) is 9.97 Å². The molecule has 0 saturated carbocycles. The van der Waals surface area contributed by atoms with Gasteiger partial charge in [0, 0.05) is 39.9 Å². The molecule has 7 aromatic rings. The van der Waals surface area contributed by atoms with Crippen LogP contribution >= 0.6 is 0 Å². The molecule has 0 atom stereocenters. The lowest BCUT2D eigenvalue weighted by molar-refractivity contribution is 0.460. The van der Waals surface area contributed by atoms with Crippen LogP contribution in [0.1, 0.15) is 0 Å². The highest BCUT2D eigenvalue weighted by atomic mass is 16.5. The molecule has 0 amide bonds. The highest BCUT2D eigenvalue weighted by Crippen LogP contribution is 2.36. The van der Waals surface area contributed by atoms with Gasteiger partial charge in [0.05, 0.1) is 16.4 Å². The van der Waals surface area contributed by atoms with Crippen molar-refractivity contribution in [1.29, 1.82) is 0 Å². The largest absolute Gasteiger partial charge is 0.506 e. The molecule has 3 aromatic carbocycles. The normalized spacial score (nSPS) is 11.9. The van der Waals surface area contributed by atoms with Crippen molar-refractivity contribution in [1.82, 2.24) is 14.4 Å². The van der Waals surface area contributed by atoms with Crippen molar-refractivity contribution in [3.8, 4) is 17.4 Å². The summed E-state index contributed by atoms with van der Waals surface area (Å²) in [6, 6.07) is 24.1. The Hall–Kier alpha value is -4.71. The van der Waals surface area contributed by atoms with Crippen molar-refractivity contribution in [2.24, 2.45) is 0 Å². The number of benzene rings is 3. The Bertz CT molecular complexity index is 1940. The fourth-order valence-corrected chi connectivity index (χ4v) is 4.70. The van der Waals surface area contributed by atoms with Gasteiger partial charge in [0.25, 0.3) is 0 Å². The average molecular weight is 429 g/mol. The Balaban J connectivity index is 1.49. The van der Waals surface area contributed by atoms with Crippen molar-refractivity contribution in [2.45, 2.75) is 0 Å². The highest BCUT2D eigenvalue weighted by molar-refractivity contribution is 6.16. The molecule has 0 unspecified atom stereocenters. The molecule has 1 N–H and O–H groups in total. The number of phenolic OH excluding ortho intramolecular Hbond substituents is 1. The summed E-state index contributed by atoms with van der Waals surface area (Å²) in [5, 5.41) is 14.2. The second-order valence-electron chi connectivity index (χ2n) is 8.02. The molecule has 156 valence electrons. The van der Waals surface area contributed by atoms with E-state index in [2.05, 4.69) is 9.97 Å². The van der Waals surface area contributed by atoms with Crippen LogP contribution < -0.4 is 10.2 Å². The molecule has 6 heteroatoms. The van der Waals surface area contributed by atoms with Gasteiger partial charge in [0.2, 0.25) is 5.88 Å². The molecule has 0 spiro atoms. The number of phenols is 1. The minimum absolute atomic E-state index is 0.0179. The summed E-state index contributed by atoms with van der Waals surface area (Å²) in [7, 11) is 0. The molecule has 0 aliphatic heterocycles. The summed E-state index contributed by atoms with van der Waals surface area (Å²) in [6.07, 6.45) is 1.70. The van der Waals surface area contributed by atoms with Gasteiger partial charge < -0.3 is 9.84 Å². The molecule has 0 fully saturated rings. The van der Waals surface area contributed by atoms with E-state index in [1.165, 1.54) is 0 Å². The number of aromatic nitrogens is 3. The van der Waals surface area contributed by atoms with E-state index in [0.717, 1.165) is 27.2 Å². The van der Waals surface area contributed by atoms with Crippen molar-refractivity contribution in [3.05, 3.63) is 95.3 Å². The van der Waals surface area contributed by atoms with Gasteiger partial charge in [-0.15, -0.1) is 0 Å². The predicted octanol–water partition coefficient (Wildman–Crippen LogP) is 5.64. The van der Waals surface area contributed by atoms with Crippen molar-refractivity contribution in [2.75, 3.05) is 0 Å². The Morgan fingerprint density at radius 2 is 1.67 bits per heavy atom. The van der Waals surface area contributed by atoms with Crippen LogP contribution in [0.15, 0.2) is 89.9 Å². The van der Waals surface area contributed by atoms with Crippen molar-refractivity contribution in [3.63, 3.8) is 0 Å². The number of pyridine rings is 3. The van der Waals surface area contributed by atoms with E-state index < -0.39 is 0 Å². The fraction of sp³-hybridized carbons (Fsp3) is 0. The monoisotopic (exact) mass is 429 g/mol. The molecule has 4 heterocycles. The number of hydrogen-bond acceptors (Lipinski definition) is 5. The zero-order chi connectivity index (χ0) is 22.1. The van der Waals surface area contributed by atoms with Crippen LogP contribution in [-0.2, 0) is 0 Å². The summed E-state index contributed by atoms with van der Waals surface area (Å²) >= 11 is 0. The topological polar surface area (TPSA) is 76.7 Å². The molecule has 4 aromatic heterocycles. The minimum Gasteiger partial charge on any atom is -0.506 e. The Morgan fingerprint density at radius 3 is 2.61 bits per heavy atom. The van der Waals surface area contributed by atoms with E-state index in [1.54, 1.807) is 30.5 Å². The molecule has 0 bridgehead atoms. The molecule has 7 rings (SSSR count). The minimum atomic E-state index is -0.0179. The Morgan fingerprint density at radius 1 is 0.818 bits per heavy atom. The molecular weight excluding hydrogens is 414 g/mol.